The van der Waals surface area contributed by atoms with Gasteiger partial charge in [0.25, 0.3) is 5.91 Å². The molecule has 2 rings (SSSR count). The third kappa shape index (κ3) is 4.05. The van der Waals surface area contributed by atoms with E-state index in [1.54, 1.807) is 24.3 Å². The van der Waals surface area contributed by atoms with Crippen LogP contribution in [0.25, 0.3) is 0 Å². The van der Waals surface area contributed by atoms with Gasteiger partial charge in [-0.2, -0.15) is 0 Å². The number of carbonyl (C=O) groups is 2. The highest BCUT2D eigenvalue weighted by atomic mass is 35.5. The van der Waals surface area contributed by atoms with Gasteiger partial charge in [-0.15, -0.1) is 0 Å². The molecule has 0 saturated heterocycles. The van der Waals surface area contributed by atoms with E-state index >= 15 is 0 Å². The van der Waals surface area contributed by atoms with Crippen LogP contribution >= 0.6 is 11.6 Å². The summed E-state index contributed by atoms with van der Waals surface area (Å²) in [7, 11) is 0. The Labute approximate surface area is 131 Å². The average molecular weight is 322 g/mol. The molecule has 6 heteroatoms. The third-order valence-electron chi connectivity index (χ3n) is 3.05. The number of aliphatic carboxylic acids is 1. The van der Waals surface area contributed by atoms with E-state index in [0.717, 1.165) is 6.07 Å². The zero-order valence-electron chi connectivity index (χ0n) is 11.4. The quantitative estimate of drug-likeness (QED) is 0.890. The molecule has 2 aromatic carbocycles. The minimum absolute atomic E-state index is 0.0517. The largest absolute Gasteiger partial charge is 0.480 e. The Morgan fingerprint density at radius 3 is 2.55 bits per heavy atom. The first-order valence-corrected chi connectivity index (χ1v) is 6.88. The van der Waals surface area contributed by atoms with E-state index in [0.29, 0.717) is 10.6 Å². The van der Waals surface area contributed by atoms with Gasteiger partial charge < -0.3 is 10.4 Å². The molecule has 4 nitrogen and oxygen atoms in total. The number of benzene rings is 2. The number of halogens is 2. The summed E-state index contributed by atoms with van der Waals surface area (Å²) >= 11 is 5.85. The lowest BCUT2D eigenvalue weighted by atomic mass is 10.1. The first-order chi connectivity index (χ1) is 10.5. The van der Waals surface area contributed by atoms with Gasteiger partial charge in [0.2, 0.25) is 0 Å². The highest BCUT2D eigenvalue weighted by molar-refractivity contribution is 6.30. The number of carbonyl (C=O) groups excluding carboxylic acids is 1. The Bertz CT molecular complexity index is 705. The van der Waals surface area contributed by atoms with Crippen LogP contribution in [0.3, 0.4) is 0 Å². The smallest absolute Gasteiger partial charge is 0.326 e. The number of hydrogen-bond donors (Lipinski definition) is 2. The fourth-order valence-electron chi connectivity index (χ4n) is 1.98. The van der Waals surface area contributed by atoms with Crippen molar-refractivity contribution in [1.29, 1.82) is 0 Å². The SMILES string of the molecule is O=C(N[C@H](Cc1cccc(Cl)c1)C(=O)O)c1ccccc1F. The van der Waals surface area contributed by atoms with Gasteiger partial charge >= 0.3 is 5.97 Å². The molecule has 0 aromatic heterocycles. The normalized spacial score (nSPS) is 11.7. The second kappa shape index (κ2) is 7.04. The molecule has 0 heterocycles. The van der Waals surface area contributed by atoms with Gasteiger partial charge in [0.1, 0.15) is 11.9 Å². The number of amides is 1. The molecule has 0 radical (unpaired) electrons. The van der Waals surface area contributed by atoms with Crippen LogP contribution in [-0.2, 0) is 11.2 Å². The predicted octanol–water partition coefficient (Wildman–Crippen LogP) is 2.90. The second-order valence-corrected chi connectivity index (χ2v) is 5.11. The van der Waals surface area contributed by atoms with Crippen LogP contribution < -0.4 is 5.32 Å². The molecule has 0 bridgehead atoms. The molecular formula is C16H13ClFNO3. The van der Waals surface area contributed by atoms with Gasteiger partial charge in [-0.1, -0.05) is 35.9 Å². The van der Waals surface area contributed by atoms with E-state index < -0.39 is 23.7 Å². The molecule has 22 heavy (non-hydrogen) atoms. The van der Waals surface area contributed by atoms with Crippen molar-refractivity contribution in [2.24, 2.45) is 0 Å². The number of carboxylic acid groups (broad SMARTS) is 1. The zero-order valence-corrected chi connectivity index (χ0v) is 12.2. The summed E-state index contributed by atoms with van der Waals surface area (Å²) in [4.78, 5) is 23.3. The van der Waals surface area contributed by atoms with Gasteiger partial charge in [0.15, 0.2) is 0 Å². The Morgan fingerprint density at radius 2 is 1.91 bits per heavy atom. The van der Waals surface area contributed by atoms with Crippen molar-refractivity contribution in [3.8, 4) is 0 Å². The molecule has 0 fully saturated rings. The molecule has 0 saturated carbocycles. The second-order valence-electron chi connectivity index (χ2n) is 4.68. The summed E-state index contributed by atoms with van der Waals surface area (Å²) in [5, 5.41) is 12.0. The lowest BCUT2D eigenvalue weighted by molar-refractivity contribution is -0.139. The monoisotopic (exact) mass is 321 g/mol. The van der Waals surface area contributed by atoms with Gasteiger partial charge in [-0.3, -0.25) is 4.79 Å². The molecule has 0 aliphatic rings. The molecule has 0 aliphatic heterocycles. The molecule has 0 spiro atoms. The van der Waals surface area contributed by atoms with Crippen molar-refractivity contribution >= 4 is 23.5 Å². The highest BCUT2D eigenvalue weighted by Crippen LogP contribution is 2.13. The van der Waals surface area contributed by atoms with Crippen LogP contribution in [-0.4, -0.2) is 23.0 Å². The van der Waals surface area contributed by atoms with E-state index in [9.17, 15) is 19.1 Å². The molecule has 2 N–H and O–H groups in total. The molecular weight excluding hydrogens is 309 g/mol. The first kappa shape index (κ1) is 16.0. The molecule has 2 aromatic rings. The van der Waals surface area contributed by atoms with Crippen LogP contribution in [0.4, 0.5) is 4.39 Å². The maximum Gasteiger partial charge on any atom is 0.326 e. The summed E-state index contributed by atoms with van der Waals surface area (Å²) in [6.07, 6.45) is 0.0517. The highest BCUT2D eigenvalue weighted by Gasteiger charge is 2.22. The Hall–Kier alpha value is -2.40. The van der Waals surface area contributed by atoms with E-state index in [1.807, 2.05) is 0 Å². The number of rotatable bonds is 5. The van der Waals surface area contributed by atoms with Crippen LogP contribution in [0.5, 0.6) is 0 Å². The Kier molecular flexibility index (Phi) is 5.12. The maximum atomic E-state index is 13.5. The first-order valence-electron chi connectivity index (χ1n) is 6.50. The number of hydrogen-bond acceptors (Lipinski definition) is 2. The minimum atomic E-state index is -1.20. The fraction of sp³-hybridized carbons (Fsp3) is 0.125. The van der Waals surface area contributed by atoms with Crippen LogP contribution in [0.15, 0.2) is 48.5 Å². The van der Waals surface area contributed by atoms with Crippen molar-refractivity contribution in [3.63, 3.8) is 0 Å². The van der Waals surface area contributed by atoms with E-state index in [1.165, 1.54) is 18.2 Å². The summed E-state index contributed by atoms with van der Waals surface area (Å²) in [6, 6.07) is 10.9. The Morgan fingerprint density at radius 1 is 1.18 bits per heavy atom. The van der Waals surface area contributed by atoms with Crippen molar-refractivity contribution < 1.29 is 19.1 Å². The van der Waals surface area contributed by atoms with Crippen LogP contribution in [0.2, 0.25) is 5.02 Å². The standard InChI is InChI=1S/C16H13ClFNO3/c17-11-5-3-4-10(8-11)9-14(16(21)22)19-15(20)12-6-1-2-7-13(12)18/h1-8,14H,9H2,(H,19,20)(H,21,22)/t14-/m1/s1. The number of nitrogens with one attached hydrogen (secondary N) is 1. The van der Waals surface area contributed by atoms with E-state index in [4.69, 9.17) is 11.6 Å². The van der Waals surface area contributed by atoms with Crippen molar-refractivity contribution in [2.75, 3.05) is 0 Å². The van der Waals surface area contributed by atoms with Gasteiger partial charge in [-0.25, -0.2) is 9.18 Å². The van der Waals surface area contributed by atoms with Crippen LogP contribution in [0.1, 0.15) is 15.9 Å². The third-order valence-corrected chi connectivity index (χ3v) is 3.29. The molecule has 1 atom stereocenters. The zero-order chi connectivity index (χ0) is 16.1. The van der Waals surface area contributed by atoms with E-state index in [-0.39, 0.29) is 12.0 Å². The molecule has 1 amide bonds. The van der Waals surface area contributed by atoms with Gasteiger partial charge in [0.05, 0.1) is 5.56 Å². The van der Waals surface area contributed by atoms with Gasteiger partial charge in [0, 0.05) is 11.4 Å². The Balaban J connectivity index is 2.14. The minimum Gasteiger partial charge on any atom is -0.480 e. The summed E-state index contributed by atoms with van der Waals surface area (Å²) in [5.74, 6) is -2.68. The topological polar surface area (TPSA) is 66.4 Å². The predicted molar refractivity (Wildman–Crippen MR) is 80.4 cm³/mol. The summed E-state index contributed by atoms with van der Waals surface area (Å²) < 4.78 is 13.5. The van der Waals surface area contributed by atoms with Gasteiger partial charge in [-0.05, 0) is 29.8 Å². The van der Waals surface area contributed by atoms with Crippen molar-refractivity contribution in [3.05, 3.63) is 70.5 Å². The molecule has 0 aliphatic carbocycles. The van der Waals surface area contributed by atoms with Crippen molar-refractivity contribution in [2.45, 2.75) is 12.5 Å². The summed E-state index contributed by atoms with van der Waals surface area (Å²) in [5.41, 5.74) is 0.466. The molecule has 0 unspecified atom stereocenters. The van der Waals surface area contributed by atoms with E-state index in [2.05, 4.69) is 5.32 Å². The summed E-state index contributed by atoms with van der Waals surface area (Å²) in [6.45, 7) is 0. The fourth-order valence-corrected chi connectivity index (χ4v) is 2.19. The maximum absolute atomic E-state index is 13.5. The lowest BCUT2D eigenvalue weighted by Gasteiger charge is -2.15. The molecule has 114 valence electrons. The lowest BCUT2D eigenvalue weighted by Crippen LogP contribution is -2.42. The van der Waals surface area contributed by atoms with Crippen molar-refractivity contribution in [1.82, 2.24) is 5.32 Å². The van der Waals surface area contributed by atoms with Crippen LogP contribution in [0, 0.1) is 5.82 Å². The average Bonchev–Trinajstić information content (AvgIpc) is 2.46. The number of carboxylic acids is 1.